The Kier molecular flexibility index (Phi) is 5.18. The Morgan fingerprint density at radius 3 is 2.50 bits per heavy atom. The van der Waals surface area contributed by atoms with Crippen molar-refractivity contribution >= 4 is 11.6 Å². The molecule has 0 fully saturated rings. The van der Waals surface area contributed by atoms with E-state index in [1.807, 2.05) is 26.0 Å². The van der Waals surface area contributed by atoms with Crippen LogP contribution < -0.4 is 4.74 Å². The zero-order chi connectivity index (χ0) is 17.9. The number of nitro benzene ring substituents is 1. The third kappa shape index (κ3) is 3.71. The summed E-state index contributed by atoms with van der Waals surface area (Å²) in [6, 6.07) is 10.3. The van der Waals surface area contributed by atoms with Gasteiger partial charge in [-0.25, -0.2) is 0 Å². The fourth-order valence-corrected chi connectivity index (χ4v) is 2.54. The molecule has 0 aliphatic carbocycles. The van der Waals surface area contributed by atoms with Gasteiger partial charge < -0.3 is 9.64 Å². The highest BCUT2D eigenvalue weighted by molar-refractivity contribution is 5.95. The van der Waals surface area contributed by atoms with Crippen LogP contribution in [0.4, 0.5) is 5.69 Å². The Bertz CT molecular complexity index is 787. The molecule has 2 rings (SSSR count). The average Bonchev–Trinajstić information content (AvgIpc) is 2.55. The highest BCUT2D eigenvalue weighted by Gasteiger charge is 2.20. The van der Waals surface area contributed by atoms with Gasteiger partial charge in [0.2, 0.25) is 0 Å². The molecule has 0 aliphatic rings. The number of carbonyl (C=O) groups is 1. The van der Waals surface area contributed by atoms with E-state index in [9.17, 15) is 14.9 Å². The molecule has 0 aromatic heterocycles. The van der Waals surface area contributed by atoms with Gasteiger partial charge in [0.05, 0.1) is 12.0 Å². The number of benzene rings is 2. The molecule has 0 heterocycles. The van der Waals surface area contributed by atoms with E-state index in [1.165, 1.54) is 25.3 Å². The lowest BCUT2D eigenvalue weighted by molar-refractivity contribution is -0.385. The summed E-state index contributed by atoms with van der Waals surface area (Å²) in [5.74, 6) is -0.144. The van der Waals surface area contributed by atoms with Gasteiger partial charge in [0.15, 0.2) is 5.75 Å². The van der Waals surface area contributed by atoms with Gasteiger partial charge in [0.25, 0.3) is 5.91 Å². The van der Waals surface area contributed by atoms with Crippen LogP contribution in [0.1, 0.15) is 27.0 Å². The highest BCUT2D eigenvalue weighted by atomic mass is 16.6. The minimum absolute atomic E-state index is 0.133. The van der Waals surface area contributed by atoms with Crippen LogP contribution in [0.3, 0.4) is 0 Å². The molecule has 0 N–H and O–H groups in total. The maximum Gasteiger partial charge on any atom is 0.311 e. The molecule has 0 saturated carbocycles. The average molecular weight is 328 g/mol. The lowest BCUT2D eigenvalue weighted by Gasteiger charge is -2.19. The van der Waals surface area contributed by atoms with E-state index >= 15 is 0 Å². The maximum atomic E-state index is 12.6. The Hall–Kier alpha value is -2.89. The molecule has 6 heteroatoms. The summed E-state index contributed by atoms with van der Waals surface area (Å²) in [5.41, 5.74) is 3.35. The van der Waals surface area contributed by atoms with E-state index in [0.29, 0.717) is 6.54 Å². The van der Waals surface area contributed by atoms with E-state index in [1.54, 1.807) is 11.9 Å². The zero-order valence-electron chi connectivity index (χ0n) is 14.2. The third-order valence-electron chi connectivity index (χ3n) is 3.87. The molecule has 0 saturated heterocycles. The van der Waals surface area contributed by atoms with E-state index in [4.69, 9.17) is 4.74 Å². The lowest BCUT2D eigenvalue weighted by atomic mass is 10.0. The molecule has 0 radical (unpaired) electrons. The normalized spacial score (nSPS) is 10.3. The monoisotopic (exact) mass is 328 g/mol. The van der Waals surface area contributed by atoms with Crippen molar-refractivity contribution in [3.05, 3.63) is 68.8 Å². The number of nitrogens with zero attached hydrogens (tertiary/aromatic N) is 2. The molecule has 6 nitrogen and oxygen atoms in total. The second-order valence-corrected chi connectivity index (χ2v) is 5.73. The summed E-state index contributed by atoms with van der Waals surface area (Å²) in [7, 11) is 3.04. The van der Waals surface area contributed by atoms with E-state index in [2.05, 4.69) is 6.07 Å². The van der Waals surface area contributed by atoms with Gasteiger partial charge in [-0.1, -0.05) is 23.8 Å². The van der Waals surface area contributed by atoms with Crippen molar-refractivity contribution in [2.24, 2.45) is 0 Å². The van der Waals surface area contributed by atoms with Crippen LogP contribution in [-0.4, -0.2) is 29.9 Å². The van der Waals surface area contributed by atoms with Crippen molar-refractivity contribution in [2.45, 2.75) is 20.4 Å². The van der Waals surface area contributed by atoms with E-state index < -0.39 is 4.92 Å². The molecule has 0 unspecified atom stereocenters. The van der Waals surface area contributed by atoms with E-state index in [-0.39, 0.29) is 22.9 Å². The van der Waals surface area contributed by atoms with Crippen LogP contribution in [0.5, 0.6) is 5.75 Å². The van der Waals surface area contributed by atoms with Gasteiger partial charge in [0.1, 0.15) is 0 Å². The molecule has 2 aromatic rings. The lowest BCUT2D eigenvalue weighted by Crippen LogP contribution is -2.26. The van der Waals surface area contributed by atoms with Crippen LogP contribution >= 0.6 is 0 Å². The molecule has 0 aliphatic heterocycles. The molecular formula is C18H20N2O4. The summed E-state index contributed by atoms with van der Waals surface area (Å²) in [5, 5.41) is 11.1. The number of amides is 1. The molecule has 1 amide bonds. The Labute approximate surface area is 140 Å². The minimum Gasteiger partial charge on any atom is -0.490 e. The number of aryl methyl sites for hydroxylation is 2. The van der Waals surface area contributed by atoms with Gasteiger partial charge in [-0.15, -0.1) is 0 Å². The van der Waals surface area contributed by atoms with Gasteiger partial charge in [-0.05, 0) is 37.1 Å². The van der Waals surface area contributed by atoms with Crippen molar-refractivity contribution in [1.82, 2.24) is 4.90 Å². The fraction of sp³-hybridized carbons (Fsp3) is 0.278. The van der Waals surface area contributed by atoms with E-state index in [0.717, 1.165) is 16.7 Å². The molecule has 126 valence electrons. The van der Waals surface area contributed by atoms with Crippen LogP contribution in [0, 0.1) is 24.0 Å². The number of nitro groups is 1. The second kappa shape index (κ2) is 7.12. The highest BCUT2D eigenvalue weighted by Crippen LogP contribution is 2.28. The molecule has 0 bridgehead atoms. The Balaban J connectivity index is 2.24. The Morgan fingerprint density at radius 2 is 1.92 bits per heavy atom. The number of rotatable bonds is 5. The smallest absolute Gasteiger partial charge is 0.311 e. The van der Waals surface area contributed by atoms with Gasteiger partial charge in [-0.3, -0.25) is 14.9 Å². The summed E-state index contributed by atoms with van der Waals surface area (Å²) in [6.07, 6.45) is 0. The van der Waals surface area contributed by atoms with Crippen molar-refractivity contribution in [3.8, 4) is 5.75 Å². The first-order valence-corrected chi connectivity index (χ1v) is 7.47. The number of ether oxygens (including phenoxy) is 1. The number of hydrogen-bond acceptors (Lipinski definition) is 4. The number of methoxy groups -OCH3 is 1. The Morgan fingerprint density at radius 1 is 1.21 bits per heavy atom. The number of hydrogen-bond donors (Lipinski definition) is 0. The van der Waals surface area contributed by atoms with Gasteiger partial charge >= 0.3 is 5.69 Å². The first-order chi connectivity index (χ1) is 11.3. The fourth-order valence-electron chi connectivity index (χ4n) is 2.54. The SMILES string of the molecule is COc1ccc(C(=O)N(C)Cc2ccc(C)cc2C)cc1[N+](=O)[O-]. The zero-order valence-corrected chi connectivity index (χ0v) is 14.2. The number of carbonyl (C=O) groups excluding carboxylic acids is 1. The first-order valence-electron chi connectivity index (χ1n) is 7.47. The molecule has 2 aromatic carbocycles. The standard InChI is InChI=1S/C18H20N2O4/c1-12-5-6-15(13(2)9-12)11-19(3)18(21)14-7-8-17(24-4)16(10-14)20(22)23/h5-10H,11H2,1-4H3. The molecule has 0 atom stereocenters. The first kappa shape index (κ1) is 17.5. The van der Waals surface area contributed by atoms with Crippen molar-refractivity contribution < 1.29 is 14.5 Å². The van der Waals surface area contributed by atoms with Gasteiger partial charge in [0, 0.05) is 25.2 Å². The summed E-state index contributed by atoms with van der Waals surface area (Å²) in [4.78, 5) is 24.6. The summed E-state index contributed by atoms with van der Waals surface area (Å²) in [6.45, 7) is 4.45. The predicted molar refractivity (Wildman–Crippen MR) is 91.4 cm³/mol. The molecule has 24 heavy (non-hydrogen) atoms. The third-order valence-corrected chi connectivity index (χ3v) is 3.87. The quantitative estimate of drug-likeness (QED) is 0.622. The summed E-state index contributed by atoms with van der Waals surface area (Å²) >= 11 is 0. The van der Waals surface area contributed by atoms with Crippen molar-refractivity contribution in [1.29, 1.82) is 0 Å². The predicted octanol–water partition coefficient (Wildman–Crippen LogP) is 3.49. The second-order valence-electron chi connectivity index (χ2n) is 5.73. The maximum absolute atomic E-state index is 12.6. The summed E-state index contributed by atoms with van der Waals surface area (Å²) < 4.78 is 4.96. The largest absolute Gasteiger partial charge is 0.490 e. The topological polar surface area (TPSA) is 72.7 Å². The van der Waals surface area contributed by atoms with Crippen molar-refractivity contribution in [3.63, 3.8) is 0 Å². The van der Waals surface area contributed by atoms with Crippen LogP contribution in [0.25, 0.3) is 0 Å². The molecular weight excluding hydrogens is 308 g/mol. The van der Waals surface area contributed by atoms with Crippen molar-refractivity contribution in [2.75, 3.05) is 14.2 Å². The van der Waals surface area contributed by atoms with Crippen LogP contribution in [0.2, 0.25) is 0 Å². The van der Waals surface area contributed by atoms with Gasteiger partial charge in [-0.2, -0.15) is 0 Å². The van der Waals surface area contributed by atoms with Crippen LogP contribution in [0.15, 0.2) is 36.4 Å². The molecule has 0 spiro atoms. The minimum atomic E-state index is -0.556. The van der Waals surface area contributed by atoms with Crippen LogP contribution in [-0.2, 0) is 6.54 Å².